The van der Waals surface area contributed by atoms with E-state index in [9.17, 15) is 9.59 Å². The van der Waals surface area contributed by atoms with Crippen LogP contribution < -0.4 is 5.32 Å². The average Bonchev–Trinajstić information content (AvgIpc) is 3.14. The molecule has 3 aliphatic rings. The number of likely N-dealkylation sites (tertiary alicyclic amines) is 1. The Bertz CT molecular complexity index is 716. The molecular weight excluding hydrogens is 332 g/mol. The highest BCUT2D eigenvalue weighted by molar-refractivity contribution is 5.99. The second kappa shape index (κ2) is 6.83. The van der Waals surface area contributed by atoms with Gasteiger partial charge in [0.2, 0.25) is 5.91 Å². The smallest absolute Gasteiger partial charge is 0.326 e. The lowest BCUT2D eigenvalue weighted by Gasteiger charge is -2.42. The number of aryl methyl sites for hydroxylation is 1. The number of hydrogen-bond acceptors (Lipinski definition) is 6. The second-order valence-corrected chi connectivity index (χ2v) is 7.53. The predicted octanol–water partition coefficient (Wildman–Crippen LogP) is 0.734. The molecule has 0 saturated carbocycles. The molecular formula is C18H26N6O2. The SMILES string of the molecule is CN1CC(N2CCC(Nc3ncnc4c3CCC4)CC2)C(=O)N(C)C1=O. The molecule has 1 unspecified atom stereocenters. The summed E-state index contributed by atoms with van der Waals surface area (Å²) in [7, 11) is 3.32. The number of aromatic nitrogens is 2. The van der Waals surface area contributed by atoms with Crippen molar-refractivity contribution in [1.29, 1.82) is 0 Å². The number of piperidine rings is 1. The average molecular weight is 358 g/mol. The van der Waals surface area contributed by atoms with Gasteiger partial charge in [-0.25, -0.2) is 14.8 Å². The van der Waals surface area contributed by atoms with Gasteiger partial charge in [-0.15, -0.1) is 0 Å². The van der Waals surface area contributed by atoms with Gasteiger partial charge in [0.15, 0.2) is 0 Å². The van der Waals surface area contributed by atoms with E-state index >= 15 is 0 Å². The topological polar surface area (TPSA) is 81.7 Å². The molecule has 1 N–H and O–H groups in total. The number of carbonyl (C=O) groups is 2. The molecule has 8 nitrogen and oxygen atoms in total. The highest BCUT2D eigenvalue weighted by atomic mass is 16.2. The summed E-state index contributed by atoms with van der Waals surface area (Å²) in [4.78, 5) is 38.3. The summed E-state index contributed by atoms with van der Waals surface area (Å²) in [5.74, 6) is 0.901. The number of nitrogens with zero attached hydrogens (tertiary/aromatic N) is 5. The lowest BCUT2D eigenvalue weighted by Crippen LogP contribution is -2.62. The zero-order chi connectivity index (χ0) is 18.3. The Hall–Kier alpha value is -2.22. The van der Waals surface area contributed by atoms with Crippen LogP contribution in [0.4, 0.5) is 10.6 Å². The molecule has 26 heavy (non-hydrogen) atoms. The number of imide groups is 1. The van der Waals surface area contributed by atoms with E-state index in [1.54, 1.807) is 25.3 Å². The summed E-state index contributed by atoms with van der Waals surface area (Å²) in [6.45, 7) is 2.16. The minimum Gasteiger partial charge on any atom is -0.367 e. The number of nitrogens with one attached hydrogen (secondary N) is 1. The van der Waals surface area contributed by atoms with Gasteiger partial charge in [0.1, 0.15) is 18.2 Å². The van der Waals surface area contributed by atoms with Gasteiger partial charge < -0.3 is 10.2 Å². The maximum absolute atomic E-state index is 12.5. The molecule has 1 atom stereocenters. The zero-order valence-electron chi connectivity index (χ0n) is 15.4. The number of fused-ring (bicyclic) bond motifs is 1. The maximum atomic E-state index is 12.5. The summed E-state index contributed by atoms with van der Waals surface area (Å²) >= 11 is 0. The molecule has 3 heterocycles. The molecule has 2 aliphatic heterocycles. The van der Waals surface area contributed by atoms with Crippen molar-refractivity contribution < 1.29 is 9.59 Å². The van der Waals surface area contributed by atoms with Crippen molar-refractivity contribution in [2.75, 3.05) is 39.0 Å². The minimum atomic E-state index is -0.230. The lowest BCUT2D eigenvalue weighted by atomic mass is 10.0. The van der Waals surface area contributed by atoms with Crippen LogP contribution >= 0.6 is 0 Å². The van der Waals surface area contributed by atoms with Crippen LogP contribution in [-0.4, -0.2) is 82.4 Å². The van der Waals surface area contributed by atoms with E-state index in [0.717, 1.165) is 51.0 Å². The first-order valence-electron chi connectivity index (χ1n) is 9.40. The monoisotopic (exact) mass is 358 g/mol. The lowest BCUT2D eigenvalue weighted by molar-refractivity contribution is -0.136. The summed E-state index contributed by atoms with van der Waals surface area (Å²) in [6, 6.07) is -0.0889. The Kier molecular flexibility index (Phi) is 4.52. The first-order chi connectivity index (χ1) is 12.5. The van der Waals surface area contributed by atoms with Gasteiger partial charge in [0.25, 0.3) is 0 Å². The van der Waals surface area contributed by atoms with E-state index in [-0.39, 0.29) is 18.0 Å². The van der Waals surface area contributed by atoms with E-state index in [2.05, 4.69) is 20.2 Å². The predicted molar refractivity (Wildman–Crippen MR) is 96.9 cm³/mol. The van der Waals surface area contributed by atoms with Crippen molar-refractivity contribution in [3.8, 4) is 0 Å². The molecule has 1 aliphatic carbocycles. The van der Waals surface area contributed by atoms with Crippen LogP contribution in [0.2, 0.25) is 0 Å². The molecule has 0 spiro atoms. The normalized spacial score (nSPS) is 24.9. The first kappa shape index (κ1) is 17.2. The molecule has 140 valence electrons. The van der Waals surface area contributed by atoms with Gasteiger partial charge in [-0.1, -0.05) is 0 Å². The van der Waals surface area contributed by atoms with E-state index in [0.29, 0.717) is 12.6 Å². The van der Waals surface area contributed by atoms with Crippen molar-refractivity contribution in [3.05, 3.63) is 17.6 Å². The third kappa shape index (κ3) is 3.02. The van der Waals surface area contributed by atoms with E-state index in [1.807, 2.05) is 0 Å². The fourth-order valence-corrected chi connectivity index (χ4v) is 4.29. The Morgan fingerprint density at radius 2 is 1.88 bits per heavy atom. The fourth-order valence-electron chi connectivity index (χ4n) is 4.29. The maximum Gasteiger partial charge on any atom is 0.326 e. The molecule has 8 heteroatoms. The van der Waals surface area contributed by atoms with Crippen LogP contribution in [0.1, 0.15) is 30.5 Å². The highest BCUT2D eigenvalue weighted by Crippen LogP contribution is 2.27. The molecule has 1 aromatic rings. The zero-order valence-corrected chi connectivity index (χ0v) is 15.4. The number of likely N-dealkylation sites (N-methyl/N-ethyl adjacent to an activating group) is 2. The number of urea groups is 1. The van der Waals surface area contributed by atoms with Crippen molar-refractivity contribution in [1.82, 2.24) is 24.7 Å². The molecule has 4 rings (SSSR count). The van der Waals surface area contributed by atoms with E-state index < -0.39 is 0 Å². The number of amides is 3. The van der Waals surface area contributed by atoms with Crippen LogP contribution in [0.5, 0.6) is 0 Å². The molecule has 1 aromatic heterocycles. The Balaban J connectivity index is 1.37. The third-order valence-corrected chi connectivity index (χ3v) is 5.86. The standard InChI is InChI=1S/C18H26N6O2/c1-22-10-15(17(25)23(2)18(22)26)24-8-6-12(7-9-24)21-16-13-4-3-5-14(13)19-11-20-16/h11-12,15H,3-10H2,1-2H3,(H,19,20,21). The Morgan fingerprint density at radius 3 is 2.65 bits per heavy atom. The van der Waals surface area contributed by atoms with Crippen molar-refractivity contribution in [2.45, 2.75) is 44.2 Å². The van der Waals surface area contributed by atoms with Crippen LogP contribution in [0.3, 0.4) is 0 Å². The van der Waals surface area contributed by atoms with Crippen molar-refractivity contribution in [3.63, 3.8) is 0 Å². The fraction of sp³-hybridized carbons (Fsp3) is 0.667. The van der Waals surface area contributed by atoms with Crippen molar-refractivity contribution >= 4 is 17.8 Å². The molecule has 0 aromatic carbocycles. The van der Waals surface area contributed by atoms with E-state index in [4.69, 9.17) is 0 Å². The summed E-state index contributed by atoms with van der Waals surface area (Å²) in [5, 5.41) is 3.60. The van der Waals surface area contributed by atoms with Crippen LogP contribution in [-0.2, 0) is 17.6 Å². The van der Waals surface area contributed by atoms with Gasteiger partial charge in [-0.2, -0.15) is 0 Å². The van der Waals surface area contributed by atoms with Gasteiger partial charge in [0, 0.05) is 51.0 Å². The number of carbonyl (C=O) groups excluding carboxylic acids is 2. The molecule has 0 radical (unpaired) electrons. The Labute approximate surface area is 153 Å². The Morgan fingerprint density at radius 1 is 1.12 bits per heavy atom. The highest BCUT2D eigenvalue weighted by Gasteiger charge is 2.39. The molecule has 2 fully saturated rings. The van der Waals surface area contributed by atoms with Gasteiger partial charge in [-0.05, 0) is 32.1 Å². The summed E-state index contributed by atoms with van der Waals surface area (Å²) < 4.78 is 0. The van der Waals surface area contributed by atoms with Gasteiger partial charge >= 0.3 is 6.03 Å². The third-order valence-electron chi connectivity index (χ3n) is 5.86. The molecule has 0 bridgehead atoms. The summed E-state index contributed by atoms with van der Waals surface area (Å²) in [5.41, 5.74) is 2.46. The second-order valence-electron chi connectivity index (χ2n) is 7.53. The number of hydrogen-bond donors (Lipinski definition) is 1. The van der Waals surface area contributed by atoms with Crippen LogP contribution in [0, 0.1) is 0 Å². The number of rotatable bonds is 3. The number of anilines is 1. The first-order valence-corrected chi connectivity index (χ1v) is 9.40. The van der Waals surface area contributed by atoms with E-state index in [1.165, 1.54) is 16.2 Å². The van der Waals surface area contributed by atoms with Gasteiger partial charge in [-0.3, -0.25) is 14.6 Å². The van der Waals surface area contributed by atoms with Gasteiger partial charge in [0.05, 0.1) is 0 Å². The molecule has 3 amide bonds. The molecule has 2 saturated heterocycles. The minimum absolute atomic E-state index is 0.0897. The van der Waals surface area contributed by atoms with Crippen molar-refractivity contribution in [2.24, 2.45) is 0 Å². The van der Waals surface area contributed by atoms with Crippen LogP contribution in [0.15, 0.2) is 6.33 Å². The largest absolute Gasteiger partial charge is 0.367 e. The quantitative estimate of drug-likeness (QED) is 0.858. The van der Waals surface area contributed by atoms with Crippen LogP contribution in [0.25, 0.3) is 0 Å². The summed E-state index contributed by atoms with van der Waals surface area (Å²) in [6.07, 6.45) is 6.85.